The van der Waals surface area contributed by atoms with Crippen LogP contribution in [0.1, 0.15) is 45.4 Å². The van der Waals surface area contributed by atoms with Gasteiger partial charge in [-0.2, -0.15) is 0 Å². The summed E-state index contributed by atoms with van der Waals surface area (Å²) in [5.74, 6) is 0.970. The van der Waals surface area contributed by atoms with Crippen molar-refractivity contribution >= 4 is 11.8 Å². The fourth-order valence-electron chi connectivity index (χ4n) is 2.52. The number of nitrogens with one attached hydrogen (secondary N) is 1. The molecule has 76 valence electrons. The number of hydrogen-bond donors (Lipinski definition) is 1. The molecule has 0 amide bonds. The van der Waals surface area contributed by atoms with Crippen LogP contribution >= 0.6 is 11.8 Å². The fourth-order valence-corrected chi connectivity index (χ4v) is 3.90. The minimum absolute atomic E-state index is 0.785. The molecule has 0 aromatic heterocycles. The second-order valence-corrected chi connectivity index (χ2v) is 6.11. The SMILES string of the molecule is CC1CNC(C2CCCCCC2)S1. The topological polar surface area (TPSA) is 12.0 Å². The highest BCUT2D eigenvalue weighted by molar-refractivity contribution is 8.00. The van der Waals surface area contributed by atoms with Crippen LogP contribution in [-0.4, -0.2) is 17.2 Å². The van der Waals surface area contributed by atoms with Gasteiger partial charge in [-0.05, 0) is 18.8 Å². The van der Waals surface area contributed by atoms with Crippen molar-refractivity contribution in [2.75, 3.05) is 6.54 Å². The Labute approximate surface area is 86.0 Å². The first-order valence-electron chi connectivity index (χ1n) is 5.75. The molecular formula is C11H21NS. The van der Waals surface area contributed by atoms with E-state index in [4.69, 9.17) is 0 Å². The van der Waals surface area contributed by atoms with Gasteiger partial charge in [-0.3, -0.25) is 0 Å². The van der Waals surface area contributed by atoms with Crippen LogP contribution in [0.5, 0.6) is 0 Å². The molecule has 1 saturated carbocycles. The van der Waals surface area contributed by atoms with Gasteiger partial charge in [-0.1, -0.05) is 32.6 Å². The molecule has 2 fully saturated rings. The summed E-state index contributed by atoms with van der Waals surface area (Å²) in [5, 5.41) is 5.29. The second-order valence-electron chi connectivity index (χ2n) is 4.53. The highest BCUT2D eigenvalue weighted by atomic mass is 32.2. The van der Waals surface area contributed by atoms with Crippen LogP contribution in [0.2, 0.25) is 0 Å². The van der Waals surface area contributed by atoms with Gasteiger partial charge in [0.05, 0.1) is 5.37 Å². The summed E-state index contributed by atoms with van der Waals surface area (Å²) in [6, 6.07) is 0. The number of hydrogen-bond acceptors (Lipinski definition) is 2. The zero-order valence-corrected chi connectivity index (χ0v) is 9.41. The van der Waals surface area contributed by atoms with E-state index in [9.17, 15) is 0 Å². The smallest absolute Gasteiger partial charge is 0.0564 e. The minimum atomic E-state index is 0.785. The highest BCUT2D eigenvalue weighted by Gasteiger charge is 2.28. The van der Waals surface area contributed by atoms with Gasteiger partial charge in [0.1, 0.15) is 0 Å². The van der Waals surface area contributed by atoms with Gasteiger partial charge in [0.2, 0.25) is 0 Å². The van der Waals surface area contributed by atoms with Crippen LogP contribution in [0.4, 0.5) is 0 Å². The third kappa shape index (κ3) is 2.63. The van der Waals surface area contributed by atoms with Gasteiger partial charge in [-0.25, -0.2) is 0 Å². The van der Waals surface area contributed by atoms with Crippen molar-refractivity contribution < 1.29 is 0 Å². The largest absolute Gasteiger partial charge is 0.304 e. The average molecular weight is 199 g/mol. The van der Waals surface area contributed by atoms with Crippen molar-refractivity contribution in [2.24, 2.45) is 5.92 Å². The van der Waals surface area contributed by atoms with Gasteiger partial charge in [-0.15, -0.1) is 11.8 Å². The molecule has 1 saturated heterocycles. The Kier molecular flexibility index (Phi) is 3.56. The average Bonchev–Trinajstić information content (AvgIpc) is 2.43. The van der Waals surface area contributed by atoms with Gasteiger partial charge in [0.15, 0.2) is 0 Å². The molecule has 1 N–H and O–H groups in total. The van der Waals surface area contributed by atoms with Crippen molar-refractivity contribution in [2.45, 2.75) is 56.1 Å². The number of rotatable bonds is 1. The summed E-state index contributed by atoms with van der Waals surface area (Å²) < 4.78 is 0. The van der Waals surface area contributed by atoms with E-state index in [2.05, 4.69) is 24.0 Å². The standard InChI is InChI=1S/C11H21NS/c1-9-8-12-11(13-9)10-6-4-2-3-5-7-10/h9-12H,2-8H2,1H3. The monoisotopic (exact) mass is 199 g/mol. The third-order valence-corrected chi connectivity index (χ3v) is 4.79. The Hall–Kier alpha value is 0.310. The molecule has 1 aliphatic heterocycles. The van der Waals surface area contributed by atoms with E-state index in [0.717, 1.165) is 16.5 Å². The Balaban J connectivity index is 1.84. The molecule has 2 heteroatoms. The third-order valence-electron chi connectivity index (χ3n) is 3.31. The first-order valence-corrected chi connectivity index (χ1v) is 6.69. The zero-order valence-electron chi connectivity index (χ0n) is 8.59. The molecule has 2 unspecified atom stereocenters. The normalized spacial score (nSPS) is 37.6. The van der Waals surface area contributed by atoms with Crippen LogP contribution in [0.25, 0.3) is 0 Å². The molecule has 0 bridgehead atoms. The van der Waals surface area contributed by atoms with Crippen LogP contribution in [0, 0.1) is 5.92 Å². The van der Waals surface area contributed by atoms with Crippen molar-refractivity contribution in [1.29, 1.82) is 0 Å². The summed E-state index contributed by atoms with van der Waals surface area (Å²) in [6.07, 6.45) is 8.83. The van der Waals surface area contributed by atoms with Gasteiger partial charge >= 0.3 is 0 Å². The van der Waals surface area contributed by atoms with E-state index in [0.29, 0.717) is 0 Å². The van der Waals surface area contributed by atoms with Crippen molar-refractivity contribution in [3.63, 3.8) is 0 Å². The zero-order chi connectivity index (χ0) is 9.10. The predicted molar refractivity (Wildman–Crippen MR) is 60.0 cm³/mol. The summed E-state index contributed by atoms with van der Waals surface area (Å²) in [7, 11) is 0. The molecule has 2 rings (SSSR count). The lowest BCUT2D eigenvalue weighted by Crippen LogP contribution is -2.28. The van der Waals surface area contributed by atoms with Crippen molar-refractivity contribution in [3.8, 4) is 0 Å². The molecule has 1 aliphatic carbocycles. The lowest BCUT2D eigenvalue weighted by Gasteiger charge is -2.21. The molecule has 0 radical (unpaired) electrons. The van der Waals surface area contributed by atoms with Gasteiger partial charge in [0.25, 0.3) is 0 Å². The highest BCUT2D eigenvalue weighted by Crippen LogP contribution is 2.34. The molecule has 1 nitrogen and oxygen atoms in total. The first kappa shape index (κ1) is 9.85. The Morgan fingerprint density at radius 3 is 2.31 bits per heavy atom. The van der Waals surface area contributed by atoms with Crippen LogP contribution < -0.4 is 5.32 Å². The van der Waals surface area contributed by atoms with Crippen LogP contribution in [-0.2, 0) is 0 Å². The number of thioether (sulfide) groups is 1. The molecule has 0 aromatic carbocycles. The fraction of sp³-hybridized carbons (Fsp3) is 1.00. The Morgan fingerprint density at radius 1 is 1.08 bits per heavy atom. The summed E-state index contributed by atoms with van der Waals surface area (Å²) in [6.45, 7) is 3.57. The molecule has 0 aromatic rings. The maximum atomic E-state index is 3.67. The Morgan fingerprint density at radius 2 is 1.77 bits per heavy atom. The van der Waals surface area contributed by atoms with Crippen LogP contribution in [0.15, 0.2) is 0 Å². The van der Waals surface area contributed by atoms with E-state index >= 15 is 0 Å². The predicted octanol–water partition coefficient (Wildman–Crippen LogP) is 3.01. The maximum absolute atomic E-state index is 3.67. The van der Waals surface area contributed by atoms with E-state index in [1.807, 2.05) is 0 Å². The second kappa shape index (κ2) is 4.70. The molecule has 2 aliphatic rings. The lowest BCUT2D eigenvalue weighted by molar-refractivity contribution is 0.412. The summed E-state index contributed by atoms with van der Waals surface area (Å²) in [5.41, 5.74) is 0. The maximum Gasteiger partial charge on any atom is 0.0564 e. The minimum Gasteiger partial charge on any atom is -0.304 e. The van der Waals surface area contributed by atoms with E-state index in [1.54, 1.807) is 0 Å². The quantitative estimate of drug-likeness (QED) is 0.652. The van der Waals surface area contributed by atoms with Gasteiger partial charge < -0.3 is 5.32 Å². The van der Waals surface area contributed by atoms with E-state index < -0.39 is 0 Å². The Bertz CT molecular complexity index is 152. The van der Waals surface area contributed by atoms with E-state index in [-0.39, 0.29) is 0 Å². The molecular weight excluding hydrogens is 178 g/mol. The molecule has 0 spiro atoms. The van der Waals surface area contributed by atoms with Crippen molar-refractivity contribution in [1.82, 2.24) is 5.32 Å². The molecule has 1 heterocycles. The lowest BCUT2D eigenvalue weighted by atomic mass is 10.0. The van der Waals surface area contributed by atoms with E-state index in [1.165, 1.54) is 45.1 Å². The summed E-state index contributed by atoms with van der Waals surface area (Å²) >= 11 is 2.17. The summed E-state index contributed by atoms with van der Waals surface area (Å²) in [4.78, 5) is 0. The molecule has 2 atom stereocenters. The van der Waals surface area contributed by atoms with Crippen molar-refractivity contribution in [3.05, 3.63) is 0 Å². The first-order chi connectivity index (χ1) is 6.36. The van der Waals surface area contributed by atoms with Crippen LogP contribution in [0.3, 0.4) is 0 Å². The molecule has 13 heavy (non-hydrogen) atoms. The van der Waals surface area contributed by atoms with Gasteiger partial charge in [0, 0.05) is 11.8 Å².